The molecule has 0 aliphatic rings. The molecule has 1 unspecified atom stereocenters. The van der Waals surface area contributed by atoms with Crippen LogP contribution in [0.5, 0.6) is 0 Å². The van der Waals surface area contributed by atoms with Crippen LogP contribution in [0.15, 0.2) is 18.2 Å². The maximum absolute atomic E-state index is 11.5. The van der Waals surface area contributed by atoms with Crippen LogP contribution in [0.25, 0.3) is 0 Å². The molecule has 3 N–H and O–H groups in total. The Bertz CT molecular complexity index is 560. The average Bonchev–Trinajstić information content (AvgIpc) is 2.50. The van der Waals surface area contributed by atoms with E-state index in [1.54, 1.807) is 0 Å². The van der Waals surface area contributed by atoms with E-state index in [0.717, 1.165) is 13.2 Å². The minimum Gasteiger partial charge on any atom is -0.467 e. The summed E-state index contributed by atoms with van der Waals surface area (Å²) in [7, 11) is 2.55. The second kappa shape index (κ2) is 7.20. The van der Waals surface area contributed by atoms with E-state index in [1.807, 2.05) is 0 Å². The first-order chi connectivity index (χ1) is 9.94. The maximum atomic E-state index is 11.5. The third-order valence-corrected chi connectivity index (χ3v) is 2.68. The lowest BCUT2D eigenvalue weighted by atomic mass is 10.1. The van der Waals surface area contributed by atoms with E-state index < -0.39 is 29.4 Å². The van der Waals surface area contributed by atoms with Gasteiger partial charge in [-0.05, 0) is 12.1 Å². The number of aliphatic hydroxyl groups excluding tert-OH is 1. The lowest BCUT2D eigenvalue weighted by Gasteiger charge is -2.15. The highest BCUT2D eigenvalue weighted by molar-refractivity contribution is 5.96. The predicted molar refractivity (Wildman–Crippen MR) is 73.0 cm³/mol. The number of esters is 1. The fourth-order valence-corrected chi connectivity index (χ4v) is 1.61. The summed E-state index contributed by atoms with van der Waals surface area (Å²) in [6.07, 6.45) is 0. The van der Waals surface area contributed by atoms with Gasteiger partial charge in [-0.1, -0.05) is 0 Å². The lowest BCUT2D eigenvalue weighted by Crippen LogP contribution is -2.34. The number of anilines is 1. The van der Waals surface area contributed by atoms with Gasteiger partial charge in [0.25, 0.3) is 11.6 Å². The smallest absolute Gasteiger partial charge is 0.330 e. The van der Waals surface area contributed by atoms with Crippen molar-refractivity contribution < 1.29 is 24.4 Å². The number of nitro benzene ring substituents is 1. The monoisotopic (exact) mass is 297 g/mol. The normalized spacial score (nSPS) is 11.4. The van der Waals surface area contributed by atoms with Gasteiger partial charge in [0, 0.05) is 18.7 Å². The molecule has 1 amide bonds. The van der Waals surface area contributed by atoms with Crippen LogP contribution in [-0.2, 0) is 9.53 Å². The Hall–Kier alpha value is -2.68. The van der Waals surface area contributed by atoms with Crippen molar-refractivity contribution in [1.82, 2.24) is 5.32 Å². The van der Waals surface area contributed by atoms with E-state index in [1.165, 1.54) is 19.2 Å². The fraction of sp³-hybridized carbons (Fsp3) is 0.333. The molecule has 21 heavy (non-hydrogen) atoms. The van der Waals surface area contributed by atoms with E-state index >= 15 is 0 Å². The summed E-state index contributed by atoms with van der Waals surface area (Å²) in [4.78, 5) is 33.3. The molecule has 0 aromatic heterocycles. The Morgan fingerprint density at radius 1 is 1.48 bits per heavy atom. The summed E-state index contributed by atoms with van der Waals surface area (Å²) in [5, 5.41) is 25.0. The number of nitro groups is 1. The summed E-state index contributed by atoms with van der Waals surface area (Å²) >= 11 is 0. The number of ether oxygens (including phenoxy) is 1. The van der Waals surface area contributed by atoms with E-state index in [-0.39, 0.29) is 16.9 Å². The van der Waals surface area contributed by atoms with Crippen LogP contribution in [-0.4, -0.2) is 48.7 Å². The van der Waals surface area contributed by atoms with Crippen molar-refractivity contribution in [1.29, 1.82) is 0 Å². The molecule has 0 heterocycles. The Kier molecular flexibility index (Phi) is 5.61. The molecule has 1 aromatic rings. The first-order valence-corrected chi connectivity index (χ1v) is 5.90. The molecule has 1 atom stereocenters. The first kappa shape index (κ1) is 16.4. The highest BCUT2D eigenvalue weighted by Gasteiger charge is 2.23. The van der Waals surface area contributed by atoms with Crippen molar-refractivity contribution in [2.45, 2.75) is 6.04 Å². The van der Waals surface area contributed by atoms with Crippen LogP contribution < -0.4 is 10.6 Å². The van der Waals surface area contributed by atoms with Crippen molar-refractivity contribution >= 4 is 23.3 Å². The highest BCUT2D eigenvalue weighted by Crippen LogP contribution is 2.26. The summed E-state index contributed by atoms with van der Waals surface area (Å²) in [6, 6.07) is 2.48. The summed E-state index contributed by atoms with van der Waals surface area (Å²) < 4.78 is 4.46. The number of nitrogens with zero attached hydrogens (tertiary/aromatic N) is 1. The topological polar surface area (TPSA) is 131 Å². The van der Waals surface area contributed by atoms with Crippen LogP contribution in [0, 0.1) is 10.1 Å². The Morgan fingerprint density at radius 3 is 2.62 bits per heavy atom. The minimum atomic E-state index is -1.17. The number of hydrogen-bond donors (Lipinski definition) is 3. The number of aliphatic hydroxyl groups is 1. The molecule has 9 heteroatoms. The van der Waals surface area contributed by atoms with Gasteiger partial charge in [-0.15, -0.1) is 0 Å². The van der Waals surface area contributed by atoms with Crippen LogP contribution in [0.4, 0.5) is 11.4 Å². The average molecular weight is 297 g/mol. The van der Waals surface area contributed by atoms with E-state index in [9.17, 15) is 19.7 Å². The number of nitrogens with one attached hydrogen (secondary N) is 2. The van der Waals surface area contributed by atoms with Gasteiger partial charge in [0.05, 0.1) is 18.6 Å². The Balaban J connectivity index is 3.20. The number of methoxy groups -OCH3 is 1. The molecule has 0 aliphatic heterocycles. The van der Waals surface area contributed by atoms with Crippen molar-refractivity contribution in [2.24, 2.45) is 0 Å². The Labute approximate surface area is 120 Å². The molecule has 0 aliphatic carbocycles. The summed E-state index contributed by atoms with van der Waals surface area (Å²) in [5.74, 6) is -1.22. The van der Waals surface area contributed by atoms with Crippen molar-refractivity contribution in [3.8, 4) is 0 Å². The largest absolute Gasteiger partial charge is 0.467 e. The van der Waals surface area contributed by atoms with Gasteiger partial charge in [-0.3, -0.25) is 14.9 Å². The molecule has 0 bridgehead atoms. The highest BCUT2D eigenvalue weighted by atomic mass is 16.6. The number of carbonyl (C=O) groups excluding carboxylic acids is 2. The third-order valence-electron chi connectivity index (χ3n) is 2.68. The second-order valence-corrected chi connectivity index (χ2v) is 3.97. The Morgan fingerprint density at radius 2 is 2.14 bits per heavy atom. The zero-order chi connectivity index (χ0) is 16.0. The number of carbonyl (C=O) groups is 2. The SMILES string of the molecule is CNC(=O)c1ccc([N+](=O)[O-])c(NC(CO)C(=O)OC)c1. The van der Waals surface area contributed by atoms with Crippen LogP contribution in [0.1, 0.15) is 10.4 Å². The lowest BCUT2D eigenvalue weighted by molar-refractivity contribution is -0.384. The number of rotatable bonds is 6. The minimum absolute atomic E-state index is 0.0643. The summed E-state index contributed by atoms with van der Waals surface area (Å²) in [5.41, 5.74) is -0.220. The number of benzene rings is 1. The standard InChI is InChI=1S/C12H15N3O6/c1-13-11(17)7-3-4-10(15(19)20)8(5-7)14-9(6-16)12(18)21-2/h3-5,9,14,16H,6H2,1-2H3,(H,13,17). The van der Waals surface area contributed by atoms with Gasteiger partial charge in [-0.2, -0.15) is 0 Å². The van der Waals surface area contributed by atoms with E-state index in [0.29, 0.717) is 0 Å². The molecule has 0 fully saturated rings. The molecule has 0 saturated heterocycles. The fourth-order valence-electron chi connectivity index (χ4n) is 1.61. The van der Waals surface area contributed by atoms with Crippen LogP contribution in [0.2, 0.25) is 0 Å². The third kappa shape index (κ3) is 3.89. The quantitative estimate of drug-likeness (QED) is 0.379. The molecule has 114 valence electrons. The van der Waals surface area contributed by atoms with Crippen molar-refractivity contribution in [2.75, 3.05) is 26.1 Å². The van der Waals surface area contributed by atoms with Crippen LogP contribution in [0.3, 0.4) is 0 Å². The van der Waals surface area contributed by atoms with Gasteiger partial charge in [-0.25, -0.2) is 4.79 Å². The van der Waals surface area contributed by atoms with Crippen LogP contribution >= 0.6 is 0 Å². The van der Waals surface area contributed by atoms with Gasteiger partial charge in [0.15, 0.2) is 0 Å². The molecule has 1 rings (SSSR count). The zero-order valence-corrected chi connectivity index (χ0v) is 11.5. The van der Waals surface area contributed by atoms with Crippen molar-refractivity contribution in [3.63, 3.8) is 0 Å². The van der Waals surface area contributed by atoms with E-state index in [2.05, 4.69) is 15.4 Å². The maximum Gasteiger partial charge on any atom is 0.330 e. The van der Waals surface area contributed by atoms with Gasteiger partial charge in [0.1, 0.15) is 11.7 Å². The zero-order valence-electron chi connectivity index (χ0n) is 11.5. The van der Waals surface area contributed by atoms with Crippen molar-refractivity contribution in [3.05, 3.63) is 33.9 Å². The van der Waals surface area contributed by atoms with E-state index in [4.69, 9.17) is 5.11 Å². The predicted octanol–water partition coefficient (Wildman–Crippen LogP) is -0.0998. The molecular weight excluding hydrogens is 282 g/mol. The molecule has 0 radical (unpaired) electrons. The van der Waals surface area contributed by atoms with Gasteiger partial charge < -0.3 is 20.5 Å². The van der Waals surface area contributed by atoms with Gasteiger partial charge >= 0.3 is 5.97 Å². The second-order valence-electron chi connectivity index (χ2n) is 3.97. The molecule has 1 aromatic carbocycles. The number of amides is 1. The first-order valence-electron chi connectivity index (χ1n) is 5.90. The summed E-state index contributed by atoms with van der Waals surface area (Å²) in [6.45, 7) is -0.617. The molecule has 0 saturated carbocycles. The molecular formula is C12H15N3O6. The molecule has 0 spiro atoms. The molecule has 9 nitrogen and oxygen atoms in total. The number of hydrogen-bond acceptors (Lipinski definition) is 7. The van der Waals surface area contributed by atoms with Gasteiger partial charge in [0.2, 0.25) is 0 Å².